The second-order valence-corrected chi connectivity index (χ2v) is 6.76. The van der Waals surface area contributed by atoms with Crippen LogP contribution in [-0.4, -0.2) is 34.8 Å². The maximum absolute atomic E-state index is 11.8. The van der Waals surface area contributed by atoms with Crippen LogP contribution in [0.2, 0.25) is 0 Å². The average Bonchev–Trinajstić information content (AvgIpc) is 2.45. The Bertz CT molecular complexity index is 436. The fourth-order valence-electron chi connectivity index (χ4n) is 1.57. The molecule has 0 saturated heterocycles. The molecule has 0 aromatic heterocycles. The van der Waals surface area contributed by atoms with E-state index in [4.69, 9.17) is 4.74 Å². The quantitative estimate of drug-likeness (QED) is 0.742. The lowest BCUT2D eigenvalue weighted by Gasteiger charge is -2.14. The molecule has 0 radical (unpaired) electrons. The fraction of sp³-hybridized carbons (Fsp3) is 0.533. The summed E-state index contributed by atoms with van der Waals surface area (Å²) in [7, 11) is -0.843. The lowest BCUT2D eigenvalue weighted by molar-refractivity contribution is -0.149. The lowest BCUT2D eigenvalue weighted by Crippen LogP contribution is -2.33. The number of carbonyl (C=O) groups is 1. The average molecular weight is 297 g/mol. The summed E-state index contributed by atoms with van der Waals surface area (Å²) in [5.74, 6) is -0.428. The van der Waals surface area contributed by atoms with E-state index >= 15 is 0 Å². The minimum absolute atomic E-state index is 0.0857. The summed E-state index contributed by atoms with van der Waals surface area (Å²) in [6.45, 7) is 5.23. The maximum Gasteiger partial charge on any atom is 0.310 e. The van der Waals surface area contributed by atoms with Gasteiger partial charge < -0.3 is 10.1 Å². The normalized spacial score (nSPS) is 15.3. The highest BCUT2D eigenvalue weighted by atomic mass is 32.2. The van der Waals surface area contributed by atoms with Crippen molar-refractivity contribution in [1.29, 1.82) is 0 Å². The van der Waals surface area contributed by atoms with Gasteiger partial charge in [0, 0.05) is 35.4 Å². The van der Waals surface area contributed by atoms with Gasteiger partial charge in [-0.3, -0.25) is 9.00 Å². The summed E-state index contributed by atoms with van der Waals surface area (Å²) in [6, 6.07) is 9.61. The van der Waals surface area contributed by atoms with Crippen molar-refractivity contribution in [3.8, 4) is 0 Å². The van der Waals surface area contributed by atoms with Crippen molar-refractivity contribution >= 4 is 16.8 Å². The first-order chi connectivity index (χ1) is 9.50. The van der Waals surface area contributed by atoms with Crippen LogP contribution < -0.4 is 5.32 Å². The van der Waals surface area contributed by atoms with E-state index in [0.717, 1.165) is 5.56 Å². The molecule has 1 N–H and O–H groups in total. The number of carbonyl (C=O) groups excluding carboxylic acids is 1. The molecule has 112 valence electrons. The second kappa shape index (κ2) is 8.87. The van der Waals surface area contributed by atoms with Crippen LogP contribution in [-0.2, 0) is 26.9 Å². The zero-order valence-electron chi connectivity index (χ0n) is 12.3. The number of benzene rings is 1. The van der Waals surface area contributed by atoms with Crippen LogP contribution >= 0.6 is 0 Å². The third-order valence-electron chi connectivity index (χ3n) is 3.08. The highest BCUT2D eigenvalue weighted by molar-refractivity contribution is 7.84. The SMILES string of the molecule is CC(CNCC(C)S(C)=O)C(=O)OCc1ccccc1. The zero-order chi connectivity index (χ0) is 15.0. The van der Waals surface area contributed by atoms with Crippen molar-refractivity contribution in [2.75, 3.05) is 19.3 Å². The van der Waals surface area contributed by atoms with Gasteiger partial charge in [-0.15, -0.1) is 0 Å². The van der Waals surface area contributed by atoms with Gasteiger partial charge in [0.15, 0.2) is 0 Å². The molecular weight excluding hydrogens is 274 g/mol. The van der Waals surface area contributed by atoms with Gasteiger partial charge in [0.25, 0.3) is 0 Å². The highest BCUT2D eigenvalue weighted by Gasteiger charge is 2.15. The van der Waals surface area contributed by atoms with Gasteiger partial charge >= 0.3 is 5.97 Å². The smallest absolute Gasteiger partial charge is 0.310 e. The summed E-state index contributed by atoms with van der Waals surface area (Å²) in [6.07, 6.45) is 1.68. The summed E-state index contributed by atoms with van der Waals surface area (Å²) >= 11 is 0. The molecule has 0 fully saturated rings. The molecular formula is C15H23NO3S. The number of rotatable bonds is 8. The Hall–Kier alpha value is -1.20. The molecule has 0 heterocycles. The number of hydrogen-bond donors (Lipinski definition) is 1. The van der Waals surface area contributed by atoms with Gasteiger partial charge in [-0.25, -0.2) is 0 Å². The Morgan fingerprint density at radius 2 is 1.90 bits per heavy atom. The number of esters is 1. The molecule has 3 atom stereocenters. The van der Waals surface area contributed by atoms with E-state index in [0.29, 0.717) is 19.7 Å². The molecule has 3 unspecified atom stereocenters. The van der Waals surface area contributed by atoms with Crippen LogP contribution in [0.15, 0.2) is 30.3 Å². The first-order valence-corrected chi connectivity index (χ1v) is 8.36. The van der Waals surface area contributed by atoms with Crippen LogP contribution in [0.4, 0.5) is 0 Å². The second-order valence-electron chi connectivity index (χ2n) is 4.96. The highest BCUT2D eigenvalue weighted by Crippen LogP contribution is 2.04. The van der Waals surface area contributed by atoms with E-state index in [9.17, 15) is 9.00 Å². The van der Waals surface area contributed by atoms with Gasteiger partial charge in [-0.05, 0) is 12.5 Å². The Balaban J connectivity index is 2.24. The molecule has 0 aliphatic rings. The Morgan fingerprint density at radius 1 is 1.25 bits per heavy atom. The largest absolute Gasteiger partial charge is 0.461 e. The van der Waals surface area contributed by atoms with E-state index in [1.807, 2.05) is 44.2 Å². The van der Waals surface area contributed by atoms with E-state index in [1.165, 1.54) is 0 Å². The molecule has 1 aromatic rings. The molecule has 0 aliphatic heterocycles. The first-order valence-electron chi connectivity index (χ1n) is 6.74. The third kappa shape index (κ3) is 6.30. The lowest BCUT2D eigenvalue weighted by atomic mass is 10.2. The molecule has 0 amide bonds. The van der Waals surface area contributed by atoms with E-state index in [2.05, 4.69) is 5.32 Å². The summed E-state index contributed by atoms with van der Waals surface area (Å²) in [4.78, 5) is 11.8. The molecule has 0 aliphatic carbocycles. The number of hydrogen-bond acceptors (Lipinski definition) is 4. The van der Waals surface area contributed by atoms with Crippen molar-refractivity contribution < 1.29 is 13.7 Å². The maximum atomic E-state index is 11.8. The standard InChI is InChI=1S/C15H23NO3S/c1-12(9-16-10-13(2)20(3)18)15(17)19-11-14-7-5-4-6-8-14/h4-8,12-13,16H,9-11H2,1-3H3. The third-order valence-corrected chi connectivity index (χ3v) is 4.38. The van der Waals surface area contributed by atoms with Crippen LogP contribution in [0.1, 0.15) is 19.4 Å². The minimum atomic E-state index is -0.843. The Labute approximate surface area is 123 Å². The van der Waals surface area contributed by atoms with Crippen LogP contribution in [0.25, 0.3) is 0 Å². The van der Waals surface area contributed by atoms with E-state index < -0.39 is 10.8 Å². The Kier molecular flexibility index (Phi) is 7.47. The molecule has 4 nitrogen and oxygen atoms in total. The Morgan fingerprint density at radius 3 is 2.50 bits per heavy atom. The summed E-state index contributed by atoms with van der Waals surface area (Å²) in [5, 5.41) is 3.24. The van der Waals surface area contributed by atoms with Crippen LogP contribution in [0.5, 0.6) is 0 Å². The molecule has 0 spiro atoms. The van der Waals surface area contributed by atoms with Gasteiger partial charge in [-0.2, -0.15) is 0 Å². The monoisotopic (exact) mass is 297 g/mol. The molecule has 1 aromatic carbocycles. The molecule has 20 heavy (non-hydrogen) atoms. The van der Waals surface area contributed by atoms with Crippen molar-refractivity contribution in [1.82, 2.24) is 5.32 Å². The molecule has 0 bridgehead atoms. The van der Waals surface area contributed by atoms with Crippen molar-refractivity contribution in [3.63, 3.8) is 0 Å². The number of ether oxygens (including phenoxy) is 1. The summed E-state index contributed by atoms with van der Waals surface area (Å²) in [5.41, 5.74) is 0.982. The van der Waals surface area contributed by atoms with Gasteiger partial charge in [0.2, 0.25) is 0 Å². The summed E-state index contributed by atoms with van der Waals surface area (Å²) < 4.78 is 16.4. The minimum Gasteiger partial charge on any atom is -0.461 e. The predicted octanol–water partition coefficient (Wildman–Crippen LogP) is 1.72. The zero-order valence-corrected chi connectivity index (χ0v) is 13.1. The van der Waals surface area contributed by atoms with Crippen molar-refractivity contribution in [2.45, 2.75) is 25.7 Å². The van der Waals surface area contributed by atoms with Gasteiger partial charge in [0.05, 0.1) is 5.92 Å². The molecule has 1 rings (SSSR count). The van der Waals surface area contributed by atoms with Crippen LogP contribution in [0.3, 0.4) is 0 Å². The topological polar surface area (TPSA) is 55.4 Å². The fourth-order valence-corrected chi connectivity index (χ4v) is 1.93. The van der Waals surface area contributed by atoms with Crippen LogP contribution in [0, 0.1) is 5.92 Å². The molecule has 0 saturated carbocycles. The van der Waals surface area contributed by atoms with E-state index in [-0.39, 0.29) is 17.1 Å². The first kappa shape index (κ1) is 16.9. The van der Waals surface area contributed by atoms with Gasteiger partial charge in [0.1, 0.15) is 6.61 Å². The predicted molar refractivity (Wildman–Crippen MR) is 81.8 cm³/mol. The molecule has 5 heteroatoms. The van der Waals surface area contributed by atoms with Gasteiger partial charge in [-0.1, -0.05) is 37.3 Å². The van der Waals surface area contributed by atoms with E-state index in [1.54, 1.807) is 6.26 Å². The van der Waals surface area contributed by atoms with Crippen molar-refractivity contribution in [3.05, 3.63) is 35.9 Å². The van der Waals surface area contributed by atoms with Crippen molar-refractivity contribution in [2.24, 2.45) is 5.92 Å². The number of nitrogens with one attached hydrogen (secondary N) is 1.